The van der Waals surface area contributed by atoms with Gasteiger partial charge in [0.2, 0.25) is 0 Å². The molecule has 2 aromatic carbocycles. The second-order valence-corrected chi connectivity index (χ2v) is 9.91. The summed E-state index contributed by atoms with van der Waals surface area (Å²) in [5, 5.41) is 9.36. The van der Waals surface area contributed by atoms with Crippen molar-refractivity contribution in [2.45, 2.75) is 26.8 Å². The number of benzene rings is 2. The lowest BCUT2D eigenvalue weighted by molar-refractivity contribution is -0.127. The molecule has 196 valence electrons. The van der Waals surface area contributed by atoms with Crippen molar-refractivity contribution in [3.63, 3.8) is 0 Å². The molecule has 0 saturated carbocycles. The lowest BCUT2D eigenvalue weighted by atomic mass is 9.94. The molecular formula is C28H27ClN4O4S. The van der Waals surface area contributed by atoms with Crippen LogP contribution in [-0.2, 0) is 4.79 Å². The van der Waals surface area contributed by atoms with Gasteiger partial charge >= 0.3 is 0 Å². The van der Waals surface area contributed by atoms with Crippen molar-refractivity contribution in [2.75, 3.05) is 26.8 Å². The van der Waals surface area contributed by atoms with Crippen LogP contribution in [0.1, 0.15) is 37.9 Å². The van der Waals surface area contributed by atoms with Crippen molar-refractivity contribution >= 4 is 34.9 Å². The monoisotopic (exact) mass is 550 g/mol. The molecule has 8 nitrogen and oxygen atoms in total. The fraction of sp³-hybridized carbons (Fsp3) is 0.286. The Labute approximate surface area is 229 Å². The summed E-state index contributed by atoms with van der Waals surface area (Å²) in [5.41, 5.74) is 2.28. The third-order valence-corrected chi connectivity index (χ3v) is 7.50. The Morgan fingerprint density at radius 1 is 1.21 bits per heavy atom. The largest absolute Gasteiger partial charge is 0.493 e. The number of hydrogen-bond acceptors (Lipinski definition) is 7. The van der Waals surface area contributed by atoms with Crippen LogP contribution in [0.4, 0.5) is 0 Å². The summed E-state index contributed by atoms with van der Waals surface area (Å²) in [6.45, 7) is 6.64. The molecule has 2 heterocycles. The second-order valence-electron chi connectivity index (χ2n) is 8.47. The molecule has 1 aliphatic rings. The quantitative estimate of drug-likeness (QED) is 0.426. The van der Waals surface area contributed by atoms with Gasteiger partial charge in [0, 0.05) is 18.1 Å². The first-order chi connectivity index (χ1) is 18.3. The minimum absolute atomic E-state index is 0.104. The van der Waals surface area contributed by atoms with Crippen LogP contribution in [0.5, 0.6) is 11.5 Å². The Morgan fingerprint density at radius 3 is 2.55 bits per heavy atom. The van der Waals surface area contributed by atoms with E-state index in [0.717, 1.165) is 11.1 Å². The van der Waals surface area contributed by atoms with Gasteiger partial charge in [-0.3, -0.25) is 14.2 Å². The molecule has 38 heavy (non-hydrogen) atoms. The zero-order valence-electron chi connectivity index (χ0n) is 21.5. The Morgan fingerprint density at radius 2 is 1.92 bits per heavy atom. The summed E-state index contributed by atoms with van der Waals surface area (Å²) in [6, 6.07) is 13.7. The van der Waals surface area contributed by atoms with E-state index in [-0.39, 0.29) is 18.1 Å². The number of thiazole rings is 1. The number of ether oxygens (including phenoxy) is 2. The molecule has 1 amide bonds. The van der Waals surface area contributed by atoms with E-state index in [9.17, 15) is 9.59 Å². The summed E-state index contributed by atoms with van der Waals surface area (Å²) in [4.78, 5) is 34.4. The van der Waals surface area contributed by atoms with Crippen molar-refractivity contribution in [3.8, 4) is 17.6 Å². The van der Waals surface area contributed by atoms with E-state index in [1.165, 1.54) is 18.4 Å². The summed E-state index contributed by atoms with van der Waals surface area (Å²) in [6.07, 6.45) is 1.75. The van der Waals surface area contributed by atoms with Crippen LogP contribution >= 0.6 is 22.9 Å². The van der Waals surface area contributed by atoms with Crippen LogP contribution in [0.15, 0.2) is 63.5 Å². The molecule has 0 spiro atoms. The SMILES string of the molecule is CCN(CC)C(=O)C1=C(C)N=c2s/c(=C/c3ccc(OCC#N)c(OC)c3)c(=O)n2[C@H]1c1ccc(Cl)cc1. The minimum atomic E-state index is -0.643. The van der Waals surface area contributed by atoms with Crippen molar-refractivity contribution in [3.05, 3.63) is 89.6 Å². The molecule has 1 aromatic heterocycles. The van der Waals surface area contributed by atoms with E-state index in [1.807, 2.05) is 39.0 Å². The third kappa shape index (κ3) is 5.23. The van der Waals surface area contributed by atoms with Gasteiger partial charge in [-0.25, -0.2) is 4.99 Å². The molecule has 0 radical (unpaired) electrons. The number of allylic oxidation sites excluding steroid dienone is 1. The number of amides is 1. The number of rotatable bonds is 8. The first-order valence-corrected chi connectivity index (χ1v) is 13.3. The third-order valence-electron chi connectivity index (χ3n) is 6.27. The number of methoxy groups -OCH3 is 1. The summed E-state index contributed by atoms with van der Waals surface area (Å²) >= 11 is 7.41. The van der Waals surface area contributed by atoms with Crippen molar-refractivity contribution in [2.24, 2.45) is 4.99 Å². The minimum Gasteiger partial charge on any atom is -0.493 e. The highest BCUT2D eigenvalue weighted by Gasteiger charge is 2.34. The highest BCUT2D eigenvalue weighted by atomic mass is 35.5. The van der Waals surface area contributed by atoms with E-state index in [0.29, 0.717) is 50.2 Å². The molecule has 0 fully saturated rings. The molecule has 0 aliphatic carbocycles. The summed E-state index contributed by atoms with van der Waals surface area (Å²) in [5.74, 6) is 0.734. The molecule has 0 N–H and O–H groups in total. The summed E-state index contributed by atoms with van der Waals surface area (Å²) < 4.78 is 12.8. The predicted molar refractivity (Wildman–Crippen MR) is 147 cm³/mol. The number of nitriles is 1. The molecule has 1 atom stereocenters. The number of hydrogen-bond donors (Lipinski definition) is 0. The average molecular weight is 551 g/mol. The zero-order valence-corrected chi connectivity index (χ0v) is 23.1. The second kappa shape index (κ2) is 11.7. The Balaban J connectivity index is 1.89. The maximum absolute atomic E-state index is 13.8. The number of fused-ring (bicyclic) bond motifs is 1. The first kappa shape index (κ1) is 27.2. The normalized spacial score (nSPS) is 14.9. The molecule has 0 bridgehead atoms. The topological polar surface area (TPSA) is 96.9 Å². The van der Waals surface area contributed by atoms with E-state index in [1.54, 1.807) is 45.9 Å². The Bertz CT molecular complexity index is 1610. The van der Waals surface area contributed by atoms with E-state index < -0.39 is 6.04 Å². The van der Waals surface area contributed by atoms with Crippen LogP contribution in [-0.4, -0.2) is 42.2 Å². The smallest absolute Gasteiger partial charge is 0.271 e. The summed E-state index contributed by atoms with van der Waals surface area (Å²) in [7, 11) is 1.51. The van der Waals surface area contributed by atoms with Crippen molar-refractivity contribution in [1.29, 1.82) is 5.26 Å². The number of halogens is 1. The molecule has 4 rings (SSSR count). The van der Waals surface area contributed by atoms with Gasteiger partial charge in [-0.05, 0) is 62.2 Å². The molecule has 3 aromatic rings. The van der Waals surface area contributed by atoms with Crippen molar-refractivity contribution in [1.82, 2.24) is 9.47 Å². The molecular weight excluding hydrogens is 524 g/mol. The fourth-order valence-corrected chi connectivity index (χ4v) is 5.56. The van der Waals surface area contributed by atoms with Gasteiger partial charge in [0.15, 0.2) is 22.9 Å². The van der Waals surface area contributed by atoms with Gasteiger partial charge in [0.25, 0.3) is 11.5 Å². The Kier molecular flexibility index (Phi) is 8.35. The zero-order chi connectivity index (χ0) is 27.4. The van der Waals surface area contributed by atoms with Gasteiger partial charge in [0.05, 0.1) is 29.0 Å². The molecule has 0 unspecified atom stereocenters. The first-order valence-electron chi connectivity index (χ1n) is 12.1. The number of carbonyl (C=O) groups is 1. The lowest BCUT2D eigenvalue weighted by Gasteiger charge is -2.29. The highest BCUT2D eigenvalue weighted by molar-refractivity contribution is 7.07. The number of carbonyl (C=O) groups excluding carboxylic acids is 1. The molecule has 0 saturated heterocycles. The van der Waals surface area contributed by atoms with E-state index in [2.05, 4.69) is 4.99 Å². The van der Waals surface area contributed by atoms with Crippen LogP contribution in [0.2, 0.25) is 5.02 Å². The maximum atomic E-state index is 13.8. The van der Waals surface area contributed by atoms with Gasteiger partial charge < -0.3 is 14.4 Å². The molecule has 10 heteroatoms. The van der Waals surface area contributed by atoms with Crippen LogP contribution in [0.25, 0.3) is 6.08 Å². The Hall–Kier alpha value is -3.87. The van der Waals surface area contributed by atoms with Gasteiger partial charge in [-0.2, -0.15) is 5.26 Å². The highest BCUT2D eigenvalue weighted by Crippen LogP contribution is 2.32. The fourth-order valence-electron chi connectivity index (χ4n) is 4.39. The number of aromatic nitrogens is 1. The van der Waals surface area contributed by atoms with E-state index in [4.69, 9.17) is 26.3 Å². The maximum Gasteiger partial charge on any atom is 0.271 e. The average Bonchev–Trinajstić information content (AvgIpc) is 3.22. The van der Waals surface area contributed by atoms with Crippen LogP contribution in [0, 0.1) is 11.3 Å². The predicted octanol–water partition coefficient (Wildman–Crippen LogP) is 3.67. The standard InChI is InChI=1S/C28H27ClN4O4S/c1-5-32(6-2)27(35)24-17(3)31-28-33(25(24)19-8-10-20(29)11-9-19)26(34)23(38-28)16-18-7-12-21(37-14-13-30)22(15-18)36-4/h7-12,15-16,25H,5-6,14H2,1-4H3/b23-16+/t25-/m0/s1. The van der Waals surface area contributed by atoms with Gasteiger partial charge in [0.1, 0.15) is 6.07 Å². The van der Waals surface area contributed by atoms with Gasteiger partial charge in [-0.1, -0.05) is 41.1 Å². The van der Waals surface area contributed by atoms with Crippen LogP contribution in [0.3, 0.4) is 0 Å². The van der Waals surface area contributed by atoms with Gasteiger partial charge in [-0.15, -0.1) is 0 Å². The van der Waals surface area contributed by atoms with Crippen molar-refractivity contribution < 1.29 is 14.3 Å². The van der Waals surface area contributed by atoms with E-state index >= 15 is 0 Å². The van der Waals surface area contributed by atoms with Crippen LogP contribution < -0.4 is 24.4 Å². The molecule has 1 aliphatic heterocycles. The number of likely N-dealkylation sites (N-methyl/N-ethyl adjacent to an activating group) is 1. The number of nitrogens with zero attached hydrogens (tertiary/aromatic N) is 4. The lowest BCUT2D eigenvalue weighted by Crippen LogP contribution is -2.43.